The van der Waals surface area contributed by atoms with Crippen LogP contribution in [0.3, 0.4) is 0 Å². The third-order valence-electron chi connectivity index (χ3n) is 5.29. The number of nitrogens with zero attached hydrogens (tertiary/aromatic N) is 2. The molecule has 0 unspecified atom stereocenters. The summed E-state index contributed by atoms with van der Waals surface area (Å²) in [5, 5.41) is 11.7. The highest BCUT2D eigenvalue weighted by Crippen LogP contribution is 2.34. The normalized spacial score (nSPS) is 17.0. The van der Waals surface area contributed by atoms with Gasteiger partial charge in [-0.3, -0.25) is 9.78 Å². The Morgan fingerprint density at radius 1 is 1.33 bits per heavy atom. The highest BCUT2D eigenvalue weighted by Gasteiger charge is 2.34. The number of carbonyl (C=O) groups is 1. The van der Waals surface area contributed by atoms with Crippen LogP contribution in [0.25, 0.3) is 10.6 Å². The Balaban J connectivity index is 1.74. The van der Waals surface area contributed by atoms with Crippen LogP contribution in [0.15, 0.2) is 29.6 Å². The summed E-state index contributed by atoms with van der Waals surface area (Å²) in [6.07, 6.45) is 2.69. The van der Waals surface area contributed by atoms with Gasteiger partial charge in [-0.05, 0) is 55.2 Å². The average Bonchev–Trinajstić information content (AvgIpc) is 3.16. The number of likely N-dealkylation sites (tertiary alicyclic amines) is 1. The summed E-state index contributed by atoms with van der Waals surface area (Å²) < 4.78 is 0. The summed E-state index contributed by atoms with van der Waals surface area (Å²) >= 11 is 1.65. The molecule has 1 aliphatic heterocycles. The second kappa shape index (κ2) is 7.03. The zero-order valence-corrected chi connectivity index (χ0v) is 15.1. The Bertz CT molecular complexity index is 698. The molecular weight excluding hydrogens is 320 g/mol. The highest BCUT2D eigenvalue weighted by atomic mass is 32.1. The second-order valence-electron chi connectivity index (χ2n) is 6.61. The van der Waals surface area contributed by atoms with E-state index in [2.05, 4.69) is 11.9 Å². The van der Waals surface area contributed by atoms with Crippen molar-refractivity contribution in [2.24, 2.45) is 5.41 Å². The van der Waals surface area contributed by atoms with Crippen LogP contribution >= 0.6 is 11.3 Å². The van der Waals surface area contributed by atoms with Crippen molar-refractivity contribution in [2.75, 3.05) is 19.7 Å². The minimum absolute atomic E-state index is 0.00684. The van der Waals surface area contributed by atoms with Gasteiger partial charge in [-0.25, -0.2) is 0 Å². The van der Waals surface area contributed by atoms with Crippen molar-refractivity contribution >= 4 is 17.2 Å². The summed E-state index contributed by atoms with van der Waals surface area (Å²) in [5.74, 6) is 0.0559. The summed E-state index contributed by atoms with van der Waals surface area (Å²) in [5.41, 5.74) is 2.37. The zero-order chi connectivity index (χ0) is 17.2. The molecule has 1 N–H and O–H groups in total. The van der Waals surface area contributed by atoms with E-state index in [1.54, 1.807) is 11.3 Å². The smallest absolute Gasteiger partial charge is 0.255 e. The summed E-state index contributed by atoms with van der Waals surface area (Å²) in [4.78, 5) is 20.5. The Morgan fingerprint density at radius 2 is 2.08 bits per heavy atom. The van der Waals surface area contributed by atoms with Gasteiger partial charge in [0.2, 0.25) is 0 Å². The maximum Gasteiger partial charge on any atom is 0.255 e. The largest absolute Gasteiger partial charge is 0.396 e. The van der Waals surface area contributed by atoms with Crippen LogP contribution in [0.2, 0.25) is 0 Å². The molecule has 0 bridgehead atoms. The number of piperidine rings is 1. The molecule has 4 nitrogen and oxygen atoms in total. The number of aliphatic hydroxyl groups excluding tert-OH is 1. The van der Waals surface area contributed by atoms with Gasteiger partial charge in [0.25, 0.3) is 5.91 Å². The summed E-state index contributed by atoms with van der Waals surface area (Å²) in [6.45, 7) is 5.64. The molecule has 1 aliphatic rings. The molecule has 3 heterocycles. The van der Waals surface area contributed by atoms with E-state index in [9.17, 15) is 9.90 Å². The van der Waals surface area contributed by atoms with Crippen molar-refractivity contribution in [3.63, 3.8) is 0 Å². The van der Waals surface area contributed by atoms with Gasteiger partial charge in [0.15, 0.2) is 0 Å². The number of rotatable bonds is 4. The molecule has 2 aromatic rings. The van der Waals surface area contributed by atoms with Gasteiger partial charge >= 0.3 is 0 Å². The number of hydrogen-bond donors (Lipinski definition) is 1. The monoisotopic (exact) mass is 344 g/mol. The van der Waals surface area contributed by atoms with E-state index in [1.165, 1.54) is 0 Å². The lowest BCUT2D eigenvalue weighted by Crippen LogP contribution is -2.44. The lowest BCUT2D eigenvalue weighted by molar-refractivity contribution is 0.0337. The molecule has 1 fully saturated rings. The van der Waals surface area contributed by atoms with E-state index in [0.717, 1.165) is 35.5 Å². The highest BCUT2D eigenvalue weighted by molar-refractivity contribution is 7.13. The number of hydrogen-bond acceptors (Lipinski definition) is 4. The number of aryl methyl sites for hydroxylation is 1. The first-order valence-electron chi connectivity index (χ1n) is 8.50. The molecule has 3 rings (SSSR count). The Labute approximate surface area is 147 Å². The van der Waals surface area contributed by atoms with E-state index in [4.69, 9.17) is 0 Å². The molecule has 24 heavy (non-hydrogen) atoms. The Hall–Kier alpha value is -1.72. The van der Waals surface area contributed by atoms with Crippen LogP contribution in [-0.4, -0.2) is 40.6 Å². The number of carbonyl (C=O) groups excluding carboxylic acids is 1. The van der Waals surface area contributed by atoms with E-state index in [1.807, 2.05) is 41.5 Å². The average molecular weight is 344 g/mol. The van der Waals surface area contributed by atoms with Gasteiger partial charge < -0.3 is 10.0 Å². The fourth-order valence-electron chi connectivity index (χ4n) is 3.33. The Kier molecular flexibility index (Phi) is 5.01. The van der Waals surface area contributed by atoms with E-state index in [-0.39, 0.29) is 17.9 Å². The molecule has 0 saturated carbocycles. The minimum Gasteiger partial charge on any atom is -0.396 e. The molecule has 1 saturated heterocycles. The molecule has 0 aromatic carbocycles. The summed E-state index contributed by atoms with van der Waals surface area (Å²) in [6, 6.07) is 7.87. The maximum absolute atomic E-state index is 12.8. The van der Waals surface area contributed by atoms with Gasteiger partial charge in [-0.1, -0.05) is 13.0 Å². The van der Waals surface area contributed by atoms with Crippen LogP contribution < -0.4 is 0 Å². The van der Waals surface area contributed by atoms with E-state index >= 15 is 0 Å². The zero-order valence-electron chi connectivity index (χ0n) is 14.3. The lowest BCUT2D eigenvalue weighted by Gasteiger charge is -2.40. The number of aliphatic hydroxyl groups is 1. The quantitative estimate of drug-likeness (QED) is 0.919. The van der Waals surface area contributed by atoms with Crippen molar-refractivity contribution < 1.29 is 9.90 Å². The van der Waals surface area contributed by atoms with Crippen molar-refractivity contribution in [3.8, 4) is 10.6 Å². The van der Waals surface area contributed by atoms with Gasteiger partial charge in [0.1, 0.15) is 0 Å². The molecule has 128 valence electrons. The van der Waals surface area contributed by atoms with Gasteiger partial charge in [-0.2, -0.15) is 0 Å². The number of amides is 1. The van der Waals surface area contributed by atoms with Crippen LogP contribution in [-0.2, 0) is 0 Å². The molecule has 0 radical (unpaired) electrons. The first-order chi connectivity index (χ1) is 11.6. The third-order valence-corrected chi connectivity index (χ3v) is 6.18. The van der Waals surface area contributed by atoms with Crippen LogP contribution in [0, 0.1) is 12.3 Å². The molecule has 2 aromatic heterocycles. The molecule has 0 atom stereocenters. The van der Waals surface area contributed by atoms with Gasteiger partial charge in [0.05, 0.1) is 21.8 Å². The number of thiophene rings is 1. The van der Waals surface area contributed by atoms with E-state index < -0.39 is 0 Å². The molecular formula is C19H24N2O2S. The SMILES string of the molecule is CCC1(CO)CCN(C(=O)c2ccc(-c3cccs3)nc2C)CC1. The van der Waals surface area contributed by atoms with Gasteiger partial charge in [0, 0.05) is 19.7 Å². The van der Waals surface area contributed by atoms with Crippen molar-refractivity contribution in [1.29, 1.82) is 0 Å². The predicted molar refractivity (Wildman–Crippen MR) is 97.2 cm³/mol. The number of aromatic nitrogens is 1. The van der Waals surface area contributed by atoms with Crippen molar-refractivity contribution in [1.82, 2.24) is 9.88 Å². The van der Waals surface area contributed by atoms with Crippen LogP contribution in [0.1, 0.15) is 42.2 Å². The minimum atomic E-state index is -0.00684. The Morgan fingerprint density at radius 3 is 2.62 bits per heavy atom. The lowest BCUT2D eigenvalue weighted by atomic mass is 9.77. The third kappa shape index (κ3) is 3.23. The first-order valence-corrected chi connectivity index (χ1v) is 9.38. The molecule has 0 aliphatic carbocycles. The fraction of sp³-hybridized carbons (Fsp3) is 0.474. The molecule has 0 spiro atoms. The first kappa shape index (κ1) is 17.1. The van der Waals surface area contributed by atoms with Crippen LogP contribution in [0.4, 0.5) is 0 Å². The molecule has 5 heteroatoms. The second-order valence-corrected chi connectivity index (χ2v) is 7.56. The maximum atomic E-state index is 12.8. The van der Waals surface area contributed by atoms with E-state index in [0.29, 0.717) is 18.7 Å². The van der Waals surface area contributed by atoms with Crippen molar-refractivity contribution in [2.45, 2.75) is 33.1 Å². The number of pyridine rings is 1. The predicted octanol–water partition coefficient (Wildman–Crippen LogP) is 3.74. The summed E-state index contributed by atoms with van der Waals surface area (Å²) in [7, 11) is 0. The van der Waals surface area contributed by atoms with Gasteiger partial charge in [-0.15, -0.1) is 11.3 Å². The topological polar surface area (TPSA) is 53.4 Å². The molecule has 1 amide bonds. The standard InChI is InChI=1S/C19H24N2O2S/c1-3-19(13-22)8-10-21(11-9-19)18(23)15-6-7-16(20-14(15)2)17-5-4-12-24-17/h4-7,12,22H,3,8-11,13H2,1-2H3. The fourth-order valence-corrected chi connectivity index (χ4v) is 4.02. The van der Waals surface area contributed by atoms with Crippen molar-refractivity contribution in [3.05, 3.63) is 40.9 Å². The van der Waals surface area contributed by atoms with Crippen LogP contribution in [0.5, 0.6) is 0 Å².